The lowest BCUT2D eigenvalue weighted by Gasteiger charge is -2.27. The molecule has 1 saturated carbocycles. The molecule has 1 fully saturated rings. The second-order valence-corrected chi connectivity index (χ2v) is 7.60. The van der Waals surface area contributed by atoms with Crippen molar-refractivity contribution in [2.75, 3.05) is 40.4 Å². The minimum atomic E-state index is -0.0531. The Morgan fingerprint density at radius 3 is 2.66 bits per heavy atom. The van der Waals surface area contributed by atoms with E-state index >= 15 is 0 Å². The number of carbonyl (C=O) groups is 1. The van der Waals surface area contributed by atoms with Crippen LogP contribution in [0.15, 0.2) is 29.3 Å². The van der Waals surface area contributed by atoms with E-state index in [0.29, 0.717) is 11.0 Å². The van der Waals surface area contributed by atoms with E-state index in [9.17, 15) is 4.79 Å². The lowest BCUT2D eigenvalue weighted by molar-refractivity contribution is 0.0963. The maximum Gasteiger partial charge on any atom is 0.251 e. The normalized spacial score (nSPS) is 15.5. The maximum atomic E-state index is 11.8. The van der Waals surface area contributed by atoms with Gasteiger partial charge in [0.15, 0.2) is 5.96 Å². The highest BCUT2D eigenvalue weighted by molar-refractivity contribution is 14.0. The third-order valence-electron chi connectivity index (χ3n) is 5.54. The Kier molecular flexibility index (Phi) is 12.2. The fraction of sp³-hybridized carbons (Fsp3) is 0.636. The van der Waals surface area contributed by atoms with Crippen LogP contribution in [0.1, 0.15) is 54.9 Å². The van der Waals surface area contributed by atoms with E-state index in [-0.39, 0.29) is 29.9 Å². The SMILES string of the molecule is CCNC(=NCC1(CCOC)CCCC1)NCCc1cccc(C(=O)NC)c1.I. The number of nitrogens with one attached hydrogen (secondary N) is 3. The summed E-state index contributed by atoms with van der Waals surface area (Å²) in [7, 11) is 3.43. The van der Waals surface area contributed by atoms with Gasteiger partial charge in [0.2, 0.25) is 0 Å². The maximum absolute atomic E-state index is 11.8. The molecule has 2 rings (SSSR count). The van der Waals surface area contributed by atoms with Crippen LogP contribution in [0.5, 0.6) is 0 Å². The Bertz CT molecular complexity index is 645. The molecular weight excluding hydrogens is 479 g/mol. The Morgan fingerprint density at radius 1 is 1.24 bits per heavy atom. The Morgan fingerprint density at radius 2 is 2.00 bits per heavy atom. The molecule has 0 atom stereocenters. The second kappa shape index (κ2) is 13.8. The average molecular weight is 516 g/mol. The molecule has 0 aromatic heterocycles. The van der Waals surface area contributed by atoms with Gasteiger partial charge in [-0.3, -0.25) is 9.79 Å². The van der Waals surface area contributed by atoms with Crippen LogP contribution in [0.2, 0.25) is 0 Å². The van der Waals surface area contributed by atoms with E-state index in [4.69, 9.17) is 9.73 Å². The molecule has 1 aliphatic rings. The molecule has 0 saturated heterocycles. The fourth-order valence-electron chi connectivity index (χ4n) is 3.86. The zero-order valence-electron chi connectivity index (χ0n) is 18.1. The number of rotatable bonds is 10. The van der Waals surface area contributed by atoms with E-state index in [1.54, 1.807) is 14.2 Å². The summed E-state index contributed by atoms with van der Waals surface area (Å²) in [4.78, 5) is 16.7. The first-order chi connectivity index (χ1) is 13.6. The molecule has 0 heterocycles. The van der Waals surface area contributed by atoms with Gasteiger partial charge in [0, 0.05) is 46.0 Å². The summed E-state index contributed by atoms with van der Waals surface area (Å²) < 4.78 is 5.32. The van der Waals surface area contributed by atoms with E-state index < -0.39 is 0 Å². The lowest BCUT2D eigenvalue weighted by atomic mass is 9.83. The minimum absolute atomic E-state index is 0. The molecule has 0 unspecified atom stereocenters. The van der Waals surface area contributed by atoms with Crippen LogP contribution in [0.25, 0.3) is 0 Å². The molecule has 1 aromatic rings. The monoisotopic (exact) mass is 516 g/mol. The van der Waals surface area contributed by atoms with Crippen LogP contribution in [-0.4, -0.2) is 52.3 Å². The van der Waals surface area contributed by atoms with Gasteiger partial charge in [0.05, 0.1) is 0 Å². The number of nitrogens with zero attached hydrogens (tertiary/aromatic N) is 1. The van der Waals surface area contributed by atoms with Gasteiger partial charge >= 0.3 is 0 Å². The molecule has 0 radical (unpaired) electrons. The van der Waals surface area contributed by atoms with Crippen LogP contribution in [0.3, 0.4) is 0 Å². The first-order valence-electron chi connectivity index (χ1n) is 10.4. The van der Waals surface area contributed by atoms with Crippen LogP contribution < -0.4 is 16.0 Å². The Balaban J connectivity index is 0.00000420. The molecule has 0 bridgehead atoms. The van der Waals surface area contributed by atoms with Crippen molar-refractivity contribution in [2.24, 2.45) is 10.4 Å². The Hall–Kier alpha value is -1.35. The standard InChI is InChI=1S/C22H36N4O2.HI/c1-4-24-21(26-17-22(13-15-28-3)11-5-6-12-22)25-14-10-18-8-7-9-19(16-18)20(27)23-2;/h7-9,16H,4-6,10-15,17H2,1-3H3,(H,23,27)(H2,24,25,26);1H. The highest BCUT2D eigenvalue weighted by atomic mass is 127. The number of halogens is 1. The summed E-state index contributed by atoms with van der Waals surface area (Å²) in [5.41, 5.74) is 2.12. The van der Waals surface area contributed by atoms with Crippen molar-refractivity contribution < 1.29 is 9.53 Å². The average Bonchev–Trinajstić information content (AvgIpc) is 3.19. The summed E-state index contributed by atoms with van der Waals surface area (Å²) in [6.45, 7) is 5.34. The number of carbonyl (C=O) groups excluding carboxylic acids is 1. The molecule has 6 nitrogen and oxygen atoms in total. The zero-order valence-corrected chi connectivity index (χ0v) is 20.4. The molecule has 164 valence electrons. The number of hydrogen-bond donors (Lipinski definition) is 3. The van der Waals surface area contributed by atoms with Gasteiger partial charge in [0.25, 0.3) is 5.91 Å². The van der Waals surface area contributed by atoms with E-state index in [0.717, 1.165) is 50.6 Å². The predicted molar refractivity (Wildman–Crippen MR) is 130 cm³/mol. The molecule has 3 N–H and O–H groups in total. The van der Waals surface area contributed by atoms with Crippen molar-refractivity contribution in [3.8, 4) is 0 Å². The second-order valence-electron chi connectivity index (χ2n) is 7.60. The molecule has 0 aliphatic heterocycles. The topological polar surface area (TPSA) is 74.8 Å². The van der Waals surface area contributed by atoms with Crippen LogP contribution in [-0.2, 0) is 11.2 Å². The quantitative estimate of drug-likeness (QED) is 0.253. The summed E-state index contributed by atoms with van der Waals surface area (Å²) in [6.07, 6.45) is 7.00. The van der Waals surface area contributed by atoms with Crippen molar-refractivity contribution >= 4 is 35.8 Å². The van der Waals surface area contributed by atoms with Gasteiger partial charge in [-0.15, -0.1) is 24.0 Å². The van der Waals surface area contributed by atoms with E-state index in [1.807, 2.05) is 18.2 Å². The van der Waals surface area contributed by atoms with Gasteiger partial charge in [-0.05, 0) is 55.7 Å². The highest BCUT2D eigenvalue weighted by Gasteiger charge is 2.33. The third-order valence-corrected chi connectivity index (χ3v) is 5.54. The molecule has 1 amide bonds. The summed E-state index contributed by atoms with van der Waals surface area (Å²) in [5, 5.41) is 9.45. The van der Waals surface area contributed by atoms with E-state index in [2.05, 4.69) is 28.9 Å². The van der Waals surface area contributed by atoms with Gasteiger partial charge in [0.1, 0.15) is 0 Å². The first-order valence-corrected chi connectivity index (χ1v) is 10.4. The molecule has 1 aliphatic carbocycles. The first kappa shape index (κ1) is 25.7. The number of ether oxygens (including phenoxy) is 1. The number of benzene rings is 1. The number of guanidine groups is 1. The van der Waals surface area contributed by atoms with Gasteiger partial charge in [-0.1, -0.05) is 25.0 Å². The summed E-state index contributed by atoms with van der Waals surface area (Å²) in [6, 6.07) is 7.76. The minimum Gasteiger partial charge on any atom is -0.385 e. The molecule has 7 heteroatoms. The highest BCUT2D eigenvalue weighted by Crippen LogP contribution is 2.41. The summed E-state index contributed by atoms with van der Waals surface area (Å²) >= 11 is 0. The van der Waals surface area contributed by atoms with Crippen molar-refractivity contribution in [3.63, 3.8) is 0 Å². The summed E-state index contributed by atoms with van der Waals surface area (Å²) in [5.74, 6) is 0.816. The molecular formula is C22H37IN4O2. The predicted octanol–water partition coefficient (Wildman–Crippen LogP) is 3.36. The number of hydrogen-bond acceptors (Lipinski definition) is 3. The van der Waals surface area contributed by atoms with Crippen molar-refractivity contribution in [1.82, 2.24) is 16.0 Å². The number of aliphatic imine (C=N–C) groups is 1. The van der Waals surface area contributed by atoms with Crippen molar-refractivity contribution in [1.29, 1.82) is 0 Å². The number of amides is 1. The largest absolute Gasteiger partial charge is 0.385 e. The van der Waals surface area contributed by atoms with Crippen LogP contribution >= 0.6 is 24.0 Å². The smallest absolute Gasteiger partial charge is 0.251 e. The Labute approximate surface area is 192 Å². The zero-order chi connectivity index (χ0) is 20.2. The van der Waals surface area contributed by atoms with Crippen molar-refractivity contribution in [2.45, 2.75) is 45.4 Å². The van der Waals surface area contributed by atoms with Gasteiger partial charge < -0.3 is 20.7 Å². The molecule has 0 spiro atoms. The van der Waals surface area contributed by atoms with Crippen LogP contribution in [0, 0.1) is 5.41 Å². The molecule has 29 heavy (non-hydrogen) atoms. The van der Waals surface area contributed by atoms with Gasteiger partial charge in [-0.2, -0.15) is 0 Å². The molecule has 1 aromatic carbocycles. The van der Waals surface area contributed by atoms with E-state index in [1.165, 1.54) is 25.7 Å². The van der Waals surface area contributed by atoms with Crippen LogP contribution in [0.4, 0.5) is 0 Å². The number of methoxy groups -OCH3 is 1. The van der Waals surface area contributed by atoms with Crippen molar-refractivity contribution in [3.05, 3.63) is 35.4 Å². The van der Waals surface area contributed by atoms with Gasteiger partial charge in [-0.25, -0.2) is 0 Å². The fourth-order valence-corrected chi connectivity index (χ4v) is 3.86. The third kappa shape index (κ3) is 8.50. The lowest BCUT2D eigenvalue weighted by Crippen LogP contribution is -2.39.